The summed E-state index contributed by atoms with van der Waals surface area (Å²) in [4.78, 5) is 27.5. The van der Waals surface area contributed by atoms with Gasteiger partial charge in [-0.3, -0.25) is 4.79 Å². The van der Waals surface area contributed by atoms with Gasteiger partial charge in [-0.25, -0.2) is 9.18 Å². The topological polar surface area (TPSA) is 79.9 Å². The Bertz CT molecular complexity index is 1120. The highest BCUT2D eigenvalue weighted by Gasteiger charge is 2.31. The van der Waals surface area contributed by atoms with E-state index < -0.39 is 17.7 Å². The number of alkyl carbamates (subject to hydrolysis) is 1. The molecule has 0 spiro atoms. The van der Waals surface area contributed by atoms with Crippen LogP contribution in [0.25, 0.3) is 0 Å². The molecule has 1 heterocycles. The molecule has 42 heavy (non-hydrogen) atoms. The zero-order valence-corrected chi connectivity index (χ0v) is 26.3. The standard InChI is InChI=1S/C34H50FN3O4/c1-24(2)21-30(37-33(40)42-34(4,5)6)32(39)38-19-16-29(17-20-38)36-18-15-25(3)22-27-9-7-8-10-31(27)41-23-26-11-13-28(35)14-12-26/h7-14,24-25,29-30,36H,15-23H2,1-6H3,(H,37,40)/t25?,30-/m0/s1. The first-order valence-electron chi connectivity index (χ1n) is 15.4. The molecular formula is C34H50FN3O4. The molecule has 1 unspecified atom stereocenters. The largest absolute Gasteiger partial charge is 0.489 e. The lowest BCUT2D eigenvalue weighted by molar-refractivity contribution is -0.135. The van der Waals surface area contributed by atoms with Gasteiger partial charge < -0.3 is 25.0 Å². The van der Waals surface area contributed by atoms with Gasteiger partial charge in [0.15, 0.2) is 0 Å². The quantitative estimate of drug-likeness (QED) is 0.282. The van der Waals surface area contributed by atoms with Crippen LogP contribution < -0.4 is 15.4 Å². The summed E-state index contributed by atoms with van der Waals surface area (Å²) < 4.78 is 24.7. The molecule has 2 aromatic rings. The van der Waals surface area contributed by atoms with E-state index in [-0.39, 0.29) is 17.6 Å². The molecule has 8 heteroatoms. The summed E-state index contributed by atoms with van der Waals surface area (Å²) >= 11 is 0. The third-order valence-electron chi connectivity index (χ3n) is 7.42. The first-order valence-corrected chi connectivity index (χ1v) is 15.4. The minimum Gasteiger partial charge on any atom is -0.489 e. The zero-order chi connectivity index (χ0) is 30.7. The molecule has 0 bridgehead atoms. The second-order valence-corrected chi connectivity index (χ2v) is 13.0. The molecule has 7 nitrogen and oxygen atoms in total. The predicted molar refractivity (Wildman–Crippen MR) is 165 cm³/mol. The second-order valence-electron chi connectivity index (χ2n) is 13.0. The lowest BCUT2D eigenvalue weighted by atomic mass is 9.96. The Morgan fingerprint density at radius 3 is 2.33 bits per heavy atom. The van der Waals surface area contributed by atoms with E-state index in [4.69, 9.17) is 9.47 Å². The molecule has 3 rings (SSSR count). The number of hydrogen-bond acceptors (Lipinski definition) is 5. The van der Waals surface area contributed by atoms with Gasteiger partial charge in [0.25, 0.3) is 0 Å². The highest BCUT2D eigenvalue weighted by Crippen LogP contribution is 2.24. The molecule has 232 valence electrons. The summed E-state index contributed by atoms with van der Waals surface area (Å²) in [5, 5.41) is 6.50. The number of nitrogens with zero attached hydrogens (tertiary/aromatic N) is 1. The summed E-state index contributed by atoms with van der Waals surface area (Å²) in [6.45, 7) is 14.5. The van der Waals surface area contributed by atoms with E-state index in [9.17, 15) is 14.0 Å². The highest BCUT2D eigenvalue weighted by molar-refractivity contribution is 5.85. The number of benzene rings is 2. The van der Waals surface area contributed by atoms with Crippen LogP contribution >= 0.6 is 0 Å². The number of hydrogen-bond donors (Lipinski definition) is 2. The van der Waals surface area contributed by atoms with Crippen molar-refractivity contribution in [1.82, 2.24) is 15.5 Å². The summed E-state index contributed by atoms with van der Waals surface area (Å²) in [5.74, 6) is 1.33. The van der Waals surface area contributed by atoms with E-state index in [1.54, 1.807) is 12.1 Å². The normalized spacial score (nSPS) is 15.8. The van der Waals surface area contributed by atoms with Gasteiger partial charge in [0, 0.05) is 19.1 Å². The summed E-state index contributed by atoms with van der Waals surface area (Å²) in [5.41, 5.74) is 1.50. The number of halogens is 1. The molecule has 2 N–H and O–H groups in total. The maximum Gasteiger partial charge on any atom is 0.408 e. The Labute approximate surface area is 251 Å². The van der Waals surface area contributed by atoms with Crippen molar-refractivity contribution in [2.45, 2.75) is 97.9 Å². The van der Waals surface area contributed by atoms with Crippen molar-refractivity contribution in [3.8, 4) is 5.75 Å². The lowest BCUT2D eigenvalue weighted by Gasteiger charge is -2.35. The van der Waals surface area contributed by atoms with Gasteiger partial charge in [-0.1, -0.05) is 51.1 Å². The molecule has 0 saturated carbocycles. The Hall–Kier alpha value is -3.13. The fourth-order valence-corrected chi connectivity index (χ4v) is 5.23. The third kappa shape index (κ3) is 11.6. The van der Waals surface area contributed by atoms with Crippen molar-refractivity contribution in [1.29, 1.82) is 0 Å². The Morgan fingerprint density at radius 2 is 1.69 bits per heavy atom. The van der Waals surface area contributed by atoms with Crippen LogP contribution in [0.3, 0.4) is 0 Å². The molecule has 0 radical (unpaired) electrons. The Morgan fingerprint density at radius 1 is 1.02 bits per heavy atom. The van der Waals surface area contributed by atoms with E-state index in [0.29, 0.717) is 38.1 Å². The number of para-hydroxylation sites is 1. The average Bonchev–Trinajstić information content (AvgIpc) is 2.92. The average molecular weight is 584 g/mol. The van der Waals surface area contributed by atoms with Gasteiger partial charge in [0.05, 0.1) is 0 Å². The molecule has 1 aliphatic rings. The van der Waals surface area contributed by atoms with Gasteiger partial charge in [-0.2, -0.15) is 0 Å². The number of nitrogens with one attached hydrogen (secondary N) is 2. The minimum absolute atomic E-state index is 0.0260. The van der Waals surface area contributed by atoms with E-state index in [1.807, 2.05) is 57.7 Å². The number of carbonyl (C=O) groups excluding carboxylic acids is 2. The number of likely N-dealkylation sites (tertiary alicyclic amines) is 1. The second kappa shape index (κ2) is 15.9. The maximum atomic E-state index is 13.3. The number of rotatable bonds is 13. The van der Waals surface area contributed by atoms with E-state index in [1.165, 1.54) is 17.7 Å². The van der Waals surface area contributed by atoms with Crippen LogP contribution in [-0.4, -0.2) is 54.2 Å². The van der Waals surface area contributed by atoms with Crippen molar-refractivity contribution in [3.63, 3.8) is 0 Å². The van der Waals surface area contributed by atoms with Crippen LogP contribution in [0.15, 0.2) is 48.5 Å². The van der Waals surface area contributed by atoms with Crippen LogP contribution in [0, 0.1) is 17.7 Å². The molecule has 1 fully saturated rings. The van der Waals surface area contributed by atoms with E-state index in [0.717, 1.165) is 43.5 Å². The minimum atomic E-state index is -0.612. The number of piperidine rings is 1. The molecule has 0 aromatic heterocycles. The van der Waals surface area contributed by atoms with Gasteiger partial charge >= 0.3 is 6.09 Å². The van der Waals surface area contributed by atoms with Gasteiger partial charge in [-0.15, -0.1) is 0 Å². The molecule has 1 saturated heterocycles. The van der Waals surface area contributed by atoms with Crippen LogP contribution in [0.2, 0.25) is 0 Å². The Balaban J connectivity index is 1.41. The van der Waals surface area contributed by atoms with Crippen molar-refractivity contribution < 1.29 is 23.5 Å². The lowest BCUT2D eigenvalue weighted by Crippen LogP contribution is -2.53. The van der Waals surface area contributed by atoms with Crippen LogP contribution in [0.1, 0.15) is 78.4 Å². The predicted octanol–water partition coefficient (Wildman–Crippen LogP) is 6.49. The van der Waals surface area contributed by atoms with Crippen molar-refractivity contribution in [2.24, 2.45) is 11.8 Å². The van der Waals surface area contributed by atoms with Crippen molar-refractivity contribution >= 4 is 12.0 Å². The van der Waals surface area contributed by atoms with E-state index >= 15 is 0 Å². The number of ether oxygens (including phenoxy) is 2. The third-order valence-corrected chi connectivity index (χ3v) is 7.42. The fourth-order valence-electron chi connectivity index (χ4n) is 5.23. The zero-order valence-electron chi connectivity index (χ0n) is 26.3. The number of amides is 2. The van der Waals surface area contributed by atoms with Crippen LogP contribution in [0.5, 0.6) is 5.75 Å². The van der Waals surface area contributed by atoms with Crippen molar-refractivity contribution in [2.75, 3.05) is 19.6 Å². The maximum absolute atomic E-state index is 13.3. The molecule has 0 aliphatic carbocycles. The summed E-state index contributed by atoms with van der Waals surface area (Å²) in [7, 11) is 0. The Kier molecular flexibility index (Phi) is 12.6. The number of carbonyl (C=O) groups is 2. The molecule has 1 aliphatic heterocycles. The first kappa shape index (κ1) is 33.4. The SMILES string of the molecule is CC(C)C[C@H](NC(=O)OC(C)(C)C)C(=O)N1CCC(NCCC(C)Cc2ccccc2OCc2ccc(F)cc2)CC1. The fraction of sp³-hybridized carbons (Fsp3) is 0.588. The van der Waals surface area contributed by atoms with Gasteiger partial charge in [0.1, 0.15) is 29.8 Å². The van der Waals surface area contributed by atoms with Gasteiger partial charge in [0.2, 0.25) is 5.91 Å². The van der Waals surface area contributed by atoms with Crippen LogP contribution in [-0.2, 0) is 22.6 Å². The first-order chi connectivity index (χ1) is 19.9. The monoisotopic (exact) mass is 583 g/mol. The molecule has 2 amide bonds. The molecule has 2 aromatic carbocycles. The van der Waals surface area contributed by atoms with E-state index in [2.05, 4.69) is 23.6 Å². The highest BCUT2D eigenvalue weighted by atomic mass is 19.1. The smallest absolute Gasteiger partial charge is 0.408 e. The van der Waals surface area contributed by atoms with Crippen molar-refractivity contribution in [3.05, 3.63) is 65.5 Å². The van der Waals surface area contributed by atoms with Gasteiger partial charge in [-0.05, 0) is 101 Å². The molecule has 2 atom stereocenters. The summed E-state index contributed by atoms with van der Waals surface area (Å²) in [6, 6.07) is 14.3. The molecular weight excluding hydrogens is 533 g/mol. The summed E-state index contributed by atoms with van der Waals surface area (Å²) in [6.07, 6.45) is 3.75. The van der Waals surface area contributed by atoms with Crippen LogP contribution in [0.4, 0.5) is 9.18 Å².